The van der Waals surface area contributed by atoms with E-state index in [9.17, 15) is 9.59 Å². The number of carbonyl (C=O) groups is 2. The lowest BCUT2D eigenvalue weighted by Crippen LogP contribution is -2.34. The molecule has 4 nitrogen and oxygen atoms in total. The van der Waals surface area contributed by atoms with E-state index in [0.717, 1.165) is 15.8 Å². The lowest BCUT2D eigenvalue weighted by atomic mass is 10.1. The largest absolute Gasteiger partial charge is 0.361 e. The number of fused-ring (bicyclic) bond motifs is 1. The van der Waals surface area contributed by atoms with E-state index >= 15 is 0 Å². The minimum atomic E-state index is -0.215. The van der Waals surface area contributed by atoms with E-state index in [1.165, 1.54) is 11.3 Å². The molecule has 0 radical (unpaired) electrons. The number of amides is 1. The Morgan fingerprint density at radius 2 is 2.09 bits per heavy atom. The molecular weight excluding hydrogens is 296 g/mol. The van der Waals surface area contributed by atoms with Crippen LogP contribution >= 0.6 is 11.3 Å². The van der Waals surface area contributed by atoms with Crippen molar-refractivity contribution in [2.24, 2.45) is 0 Å². The van der Waals surface area contributed by atoms with E-state index in [1.807, 2.05) is 42.8 Å². The van der Waals surface area contributed by atoms with E-state index in [4.69, 9.17) is 0 Å². The molecule has 22 heavy (non-hydrogen) atoms. The monoisotopic (exact) mass is 312 g/mol. The molecule has 0 unspecified atom stereocenters. The maximum Gasteiger partial charge on any atom is 0.253 e. The summed E-state index contributed by atoms with van der Waals surface area (Å²) < 4.78 is 0. The van der Waals surface area contributed by atoms with Crippen LogP contribution in [0.25, 0.3) is 10.9 Å². The summed E-state index contributed by atoms with van der Waals surface area (Å²) in [7, 11) is 0. The fourth-order valence-corrected chi connectivity index (χ4v) is 3.12. The third-order valence-corrected chi connectivity index (χ3v) is 4.41. The minimum absolute atomic E-state index is 0.0564. The number of aromatic nitrogens is 1. The Bertz CT molecular complexity index is 805. The van der Waals surface area contributed by atoms with Crippen molar-refractivity contribution in [3.63, 3.8) is 0 Å². The zero-order valence-electron chi connectivity index (χ0n) is 12.1. The van der Waals surface area contributed by atoms with Crippen molar-refractivity contribution in [2.75, 3.05) is 0 Å². The summed E-state index contributed by atoms with van der Waals surface area (Å²) in [5, 5.41) is 5.77. The molecule has 0 fully saturated rings. The first-order valence-corrected chi connectivity index (χ1v) is 7.97. The molecule has 1 amide bonds. The van der Waals surface area contributed by atoms with Gasteiger partial charge >= 0.3 is 0 Å². The number of aromatic amines is 1. The van der Waals surface area contributed by atoms with E-state index in [0.29, 0.717) is 12.0 Å². The standard InChI is InChI=1S/C17H16N2O2S/c1-11(10-14(20)15-6-3-9-22-15)19-17(21)13-5-2-4-12-7-8-18-16(12)13/h2-9,11,18H,10H2,1H3,(H,19,21)/t11-/m1/s1. The lowest BCUT2D eigenvalue weighted by molar-refractivity contribution is 0.0920. The molecule has 2 heterocycles. The summed E-state index contributed by atoms with van der Waals surface area (Å²) in [6.45, 7) is 1.85. The molecular formula is C17H16N2O2S. The van der Waals surface area contributed by atoms with Crippen LogP contribution in [0.15, 0.2) is 48.0 Å². The van der Waals surface area contributed by atoms with Gasteiger partial charge in [-0.1, -0.05) is 18.2 Å². The zero-order valence-corrected chi connectivity index (χ0v) is 12.9. The highest BCUT2D eigenvalue weighted by molar-refractivity contribution is 7.12. The molecule has 3 aromatic rings. The fraction of sp³-hybridized carbons (Fsp3) is 0.176. The second-order valence-corrected chi connectivity index (χ2v) is 6.17. The number of Topliss-reactive ketones (excluding diaryl/α,β-unsaturated/α-hetero) is 1. The third kappa shape index (κ3) is 2.94. The molecule has 2 N–H and O–H groups in total. The van der Waals surface area contributed by atoms with Crippen molar-refractivity contribution in [1.82, 2.24) is 10.3 Å². The summed E-state index contributed by atoms with van der Waals surface area (Å²) >= 11 is 1.42. The summed E-state index contributed by atoms with van der Waals surface area (Å²) in [6, 6.07) is 11.0. The van der Waals surface area contributed by atoms with Crippen molar-refractivity contribution >= 4 is 33.9 Å². The Morgan fingerprint density at radius 3 is 2.86 bits per heavy atom. The molecule has 3 rings (SSSR count). The average molecular weight is 312 g/mol. The molecule has 5 heteroatoms. The third-order valence-electron chi connectivity index (χ3n) is 3.50. The average Bonchev–Trinajstić information content (AvgIpc) is 3.17. The van der Waals surface area contributed by atoms with Gasteiger partial charge in [0.15, 0.2) is 5.78 Å². The van der Waals surface area contributed by atoms with Gasteiger partial charge in [0.2, 0.25) is 0 Å². The van der Waals surface area contributed by atoms with Crippen molar-refractivity contribution in [1.29, 1.82) is 0 Å². The molecule has 112 valence electrons. The van der Waals surface area contributed by atoms with E-state index < -0.39 is 0 Å². The van der Waals surface area contributed by atoms with Gasteiger partial charge in [-0.2, -0.15) is 0 Å². The second-order valence-electron chi connectivity index (χ2n) is 5.23. The normalized spacial score (nSPS) is 12.2. The van der Waals surface area contributed by atoms with Crippen LogP contribution in [0.3, 0.4) is 0 Å². The summed E-state index contributed by atoms with van der Waals surface area (Å²) in [4.78, 5) is 28.3. The first kappa shape index (κ1) is 14.5. The number of H-pyrrole nitrogens is 1. The van der Waals surface area contributed by atoms with Gasteiger partial charge in [-0.25, -0.2) is 0 Å². The van der Waals surface area contributed by atoms with Gasteiger partial charge in [-0.05, 0) is 30.5 Å². The fourth-order valence-electron chi connectivity index (χ4n) is 2.44. The molecule has 1 atom stereocenters. The van der Waals surface area contributed by atoms with Crippen molar-refractivity contribution in [3.05, 3.63) is 58.4 Å². The lowest BCUT2D eigenvalue weighted by Gasteiger charge is -2.13. The Balaban J connectivity index is 1.69. The van der Waals surface area contributed by atoms with Gasteiger partial charge in [-0.3, -0.25) is 9.59 Å². The Morgan fingerprint density at radius 1 is 1.23 bits per heavy atom. The van der Waals surface area contributed by atoms with Gasteiger partial charge in [0.25, 0.3) is 5.91 Å². The highest BCUT2D eigenvalue weighted by Gasteiger charge is 2.16. The summed E-state index contributed by atoms with van der Waals surface area (Å²) in [6.07, 6.45) is 2.11. The van der Waals surface area contributed by atoms with Crippen molar-refractivity contribution in [3.8, 4) is 0 Å². The molecule has 0 aliphatic rings. The molecule has 0 saturated carbocycles. The van der Waals surface area contributed by atoms with Crippen molar-refractivity contribution < 1.29 is 9.59 Å². The van der Waals surface area contributed by atoms with Crippen LogP contribution in [0.4, 0.5) is 0 Å². The topological polar surface area (TPSA) is 62.0 Å². The maximum atomic E-state index is 12.4. The van der Waals surface area contributed by atoms with Gasteiger partial charge < -0.3 is 10.3 Å². The highest BCUT2D eigenvalue weighted by atomic mass is 32.1. The van der Waals surface area contributed by atoms with Crippen LogP contribution in [0.5, 0.6) is 0 Å². The van der Waals surface area contributed by atoms with Crippen LogP contribution in [-0.4, -0.2) is 22.7 Å². The predicted octanol–water partition coefficient (Wildman–Crippen LogP) is 3.62. The van der Waals surface area contributed by atoms with Gasteiger partial charge in [0.1, 0.15) is 0 Å². The number of thiophene rings is 1. The van der Waals surface area contributed by atoms with Crippen LogP contribution in [0.2, 0.25) is 0 Å². The number of carbonyl (C=O) groups excluding carboxylic acids is 2. The zero-order chi connectivity index (χ0) is 15.5. The van der Waals surface area contributed by atoms with Crippen LogP contribution in [-0.2, 0) is 0 Å². The maximum absolute atomic E-state index is 12.4. The Hall–Kier alpha value is -2.40. The highest BCUT2D eigenvalue weighted by Crippen LogP contribution is 2.17. The number of benzene rings is 1. The van der Waals surface area contributed by atoms with Crippen LogP contribution in [0.1, 0.15) is 33.4 Å². The molecule has 2 aromatic heterocycles. The number of para-hydroxylation sites is 1. The van der Waals surface area contributed by atoms with Crippen molar-refractivity contribution in [2.45, 2.75) is 19.4 Å². The first-order valence-electron chi connectivity index (χ1n) is 7.09. The van der Waals surface area contributed by atoms with Crippen LogP contribution < -0.4 is 5.32 Å². The van der Waals surface area contributed by atoms with Crippen LogP contribution in [0, 0.1) is 0 Å². The molecule has 0 saturated heterocycles. The molecule has 0 bridgehead atoms. The number of rotatable bonds is 5. The number of ketones is 1. The van der Waals surface area contributed by atoms with E-state index in [2.05, 4.69) is 10.3 Å². The summed E-state index contributed by atoms with van der Waals surface area (Å²) in [5.74, 6) is -0.111. The van der Waals surface area contributed by atoms with Gasteiger partial charge in [-0.15, -0.1) is 11.3 Å². The predicted molar refractivity (Wildman–Crippen MR) is 88.5 cm³/mol. The summed E-state index contributed by atoms with van der Waals surface area (Å²) in [5.41, 5.74) is 1.41. The smallest absolute Gasteiger partial charge is 0.253 e. The van der Waals surface area contributed by atoms with E-state index in [-0.39, 0.29) is 17.7 Å². The SMILES string of the molecule is C[C@H](CC(=O)c1cccs1)NC(=O)c1cccc2cc[nH]c12. The second kappa shape index (κ2) is 6.15. The molecule has 1 aromatic carbocycles. The number of nitrogens with one attached hydrogen (secondary N) is 2. The quantitative estimate of drug-likeness (QED) is 0.707. The molecule has 0 spiro atoms. The van der Waals surface area contributed by atoms with Gasteiger partial charge in [0, 0.05) is 24.0 Å². The Labute approximate surface area is 132 Å². The van der Waals surface area contributed by atoms with Gasteiger partial charge in [0.05, 0.1) is 16.0 Å². The molecule has 0 aliphatic heterocycles. The first-order chi connectivity index (χ1) is 10.6. The Kier molecular flexibility index (Phi) is 4.06. The number of hydrogen-bond donors (Lipinski definition) is 2. The minimum Gasteiger partial charge on any atom is -0.361 e. The number of hydrogen-bond acceptors (Lipinski definition) is 3. The van der Waals surface area contributed by atoms with E-state index in [1.54, 1.807) is 12.1 Å². The molecule has 0 aliphatic carbocycles.